The van der Waals surface area contributed by atoms with Crippen LogP contribution < -0.4 is 5.73 Å². The van der Waals surface area contributed by atoms with Gasteiger partial charge in [0.15, 0.2) is 0 Å². The molecule has 0 saturated heterocycles. The average Bonchev–Trinajstić information content (AvgIpc) is 3.11. The molecule has 12 radical (unpaired) electrons. The van der Waals surface area contributed by atoms with Crippen molar-refractivity contribution in [2.24, 2.45) is 33.9 Å². The molecule has 2 N–H and O–H groups in total. The minimum Gasteiger partial charge on any atom is -0.476 e. The third-order valence-electron chi connectivity index (χ3n) is 8.88. The Hall–Kier alpha value is -1.16. The molecule has 0 bridgehead atoms. The summed E-state index contributed by atoms with van der Waals surface area (Å²) in [4.78, 5) is 4.87. The maximum atomic E-state index is 6.70. The summed E-state index contributed by atoms with van der Waals surface area (Å²) in [6.07, 6.45) is 2.41. The van der Waals surface area contributed by atoms with Crippen LogP contribution in [0.4, 0.5) is 0 Å². The van der Waals surface area contributed by atoms with Gasteiger partial charge in [0.1, 0.15) is 21.2 Å². The van der Waals surface area contributed by atoms with Gasteiger partial charge in [-0.1, -0.05) is 62.6 Å². The van der Waals surface area contributed by atoms with Crippen molar-refractivity contribution < 1.29 is 9.47 Å². The van der Waals surface area contributed by atoms with Crippen LogP contribution in [0.25, 0.3) is 0 Å². The normalized spacial score (nSPS) is 34.9. The van der Waals surface area contributed by atoms with E-state index in [2.05, 4.69) is 13.8 Å². The first-order valence-corrected chi connectivity index (χ1v) is 12.0. The first kappa shape index (κ1) is 25.9. The highest BCUT2D eigenvalue weighted by atomic mass is 16.5. The van der Waals surface area contributed by atoms with Crippen LogP contribution in [0.2, 0.25) is 5.21 Å². The molecule has 1 aromatic rings. The maximum Gasteiger partial charge on any atom is 0.281 e. The average molecular weight is 443 g/mol. The summed E-state index contributed by atoms with van der Waals surface area (Å²) >= 11 is 0. The first-order chi connectivity index (χ1) is 15.6. The molecule has 0 amide bonds. The van der Waals surface area contributed by atoms with Crippen molar-refractivity contribution in [3.63, 3.8) is 0 Å². The summed E-state index contributed by atoms with van der Waals surface area (Å²) in [5, 5.41) is -4.56. The van der Waals surface area contributed by atoms with Crippen molar-refractivity contribution in [1.82, 2.24) is 0 Å². The fourth-order valence-corrected chi connectivity index (χ4v) is 7.17. The second-order valence-corrected chi connectivity index (χ2v) is 11.4. The predicted molar refractivity (Wildman–Crippen MR) is 142 cm³/mol. The Balaban J connectivity index is 1.93. The number of hydrogen-bond donors (Lipinski definition) is 1. The molecule has 4 rings (SSSR count). The molecule has 0 aromatic heterocycles. The van der Waals surface area contributed by atoms with Gasteiger partial charge in [0.25, 0.3) is 6.02 Å². The monoisotopic (exact) mass is 444 g/mol. The van der Waals surface area contributed by atoms with Gasteiger partial charge in [-0.15, -0.1) is 5.21 Å². The molecule has 4 nitrogen and oxygen atoms in total. The summed E-state index contributed by atoms with van der Waals surface area (Å²) in [6.45, 7) is 8.15. The highest BCUT2D eigenvalue weighted by Gasteiger charge is 2.69. The Morgan fingerprint density at radius 3 is 2.18 bits per heavy atom. The van der Waals surface area contributed by atoms with Crippen molar-refractivity contribution in [3.8, 4) is 0 Å². The third kappa shape index (κ3) is 3.26. The fourth-order valence-electron chi connectivity index (χ4n) is 7.17. The molecule has 2 aliphatic carbocycles. The quantitative estimate of drug-likeness (QED) is 0.717. The summed E-state index contributed by atoms with van der Waals surface area (Å²) in [7, 11) is 41.2. The lowest BCUT2D eigenvalue weighted by molar-refractivity contribution is -0.0865. The van der Waals surface area contributed by atoms with E-state index in [0.717, 1.165) is 24.0 Å². The molecule has 3 aliphatic rings. The van der Waals surface area contributed by atoms with Crippen LogP contribution in [0, 0.1) is 23.2 Å². The van der Waals surface area contributed by atoms with Crippen LogP contribution in [-0.4, -0.2) is 71.7 Å². The lowest BCUT2D eigenvalue weighted by atomic mass is 9.26. The van der Waals surface area contributed by atoms with Crippen molar-refractivity contribution in [1.29, 1.82) is 0 Å². The highest BCUT2D eigenvalue weighted by Crippen LogP contribution is 2.66. The van der Waals surface area contributed by atoms with Crippen molar-refractivity contribution in [3.05, 3.63) is 34.9 Å². The summed E-state index contributed by atoms with van der Waals surface area (Å²) in [5.74, 6) is 0.308. The number of nitrogens with two attached hydrogens (primary N) is 1. The van der Waals surface area contributed by atoms with E-state index in [0.29, 0.717) is 12.0 Å². The molecule has 2 spiro atoms. The fraction of sp³-hybridized carbons (Fsp3) is 0.708. The van der Waals surface area contributed by atoms with E-state index in [1.165, 1.54) is 0 Å². The summed E-state index contributed by atoms with van der Waals surface area (Å²) < 4.78 is 11.6. The number of aliphatic imine (C=N–C) groups is 1. The number of fused-ring (bicyclic) bond motifs is 3. The Labute approximate surface area is 212 Å². The van der Waals surface area contributed by atoms with Gasteiger partial charge in [-0.2, -0.15) is 0 Å². The zero-order valence-corrected chi connectivity index (χ0v) is 21.0. The van der Waals surface area contributed by atoms with Crippen LogP contribution in [0.5, 0.6) is 0 Å². The molecule has 1 fully saturated rings. The summed E-state index contributed by atoms with van der Waals surface area (Å²) in [6, 6.07) is 5.76. The number of rotatable bonds is 4. The van der Waals surface area contributed by atoms with Crippen LogP contribution in [-0.2, 0) is 26.6 Å². The molecular weight excluding hydrogens is 413 g/mol. The molecule has 1 saturated carbocycles. The van der Waals surface area contributed by atoms with Crippen LogP contribution in [0.3, 0.4) is 0 Å². The smallest absolute Gasteiger partial charge is 0.281 e. The molecule has 34 heavy (non-hydrogen) atoms. The largest absolute Gasteiger partial charge is 0.476 e. The van der Waals surface area contributed by atoms with E-state index >= 15 is 0 Å². The van der Waals surface area contributed by atoms with Gasteiger partial charge in [-0.3, -0.25) is 0 Å². The lowest BCUT2D eigenvalue weighted by Crippen LogP contribution is -2.61. The van der Waals surface area contributed by atoms with Crippen molar-refractivity contribution >= 4 is 53.1 Å². The van der Waals surface area contributed by atoms with E-state index in [1.54, 1.807) is 7.11 Å². The molecule has 166 valence electrons. The predicted octanol–water partition coefficient (Wildman–Crippen LogP) is 1.44. The van der Waals surface area contributed by atoms with Gasteiger partial charge in [-0.05, 0) is 42.2 Å². The van der Waals surface area contributed by atoms with Gasteiger partial charge in [0.2, 0.25) is 0 Å². The molecule has 3 unspecified atom stereocenters. The second-order valence-electron chi connectivity index (χ2n) is 11.4. The van der Waals surface area contributed by atoms with Gasteiger partial charge >= 0.3 is 0 Å². The Morgan fingerprint density at radius 1 is 1.12 bits per heavy atom. The molecular formula is C24H30B6N2O2. The van der Waals surface area contributed by atoms with Crippen molar-refractivity contribution in [2.75, 3.05) is 7.11 Å². The Bertz CT molecular complexity index is 999. The highest BCUT2D eigenvalue weighted by molar-refractivity contribution is 6.54. The van der Waals surface area contributed by atoms with E-state index in [4.69, 9.17) is 67.3 Å². The van der Waals surface area contributed by atoms with Crippen LogP contribution in [0.1, 0.15) is 57.2 Å². The van der Waals surface area contributed by atoms with Crippen LogP contribution >= 0.6 is 0 Å². The zero-order chi connectivity index (χ0) is 25.5. The number of amidine groups is 1. The lowest BCUT2D eigenvalue weighted by Gasteiger charge is -2.55. The molecule has 1 aromatic carbocycles. The first-order valence-electron chi connectivity index (χ1n) is 12.0. The minimum absolute atomic E-state index is 0.0299. The van der Waals surface area contributed by atoms with E-state index < -0.39 is 26.8 Å². The minimum atomic E-state index is -1.66. The number of benzene rings is 1. The number of hydrogen-bond acceptors (Lipinski definition) is 4. The maximum absolute atomic E-state index is 6.70. The number of ether oxygens (including phenoxy) is 2. The Kier molecular flexibility index (Phi) is 6.04. The van der Waals surface area contributed by atoms with Gasteiger partial charge in [0, 0.05) is 12.5 Å². The molecule has 1 aliphatic heterocycles. The SMILES string of the molecule is [B]C1([B])OC(N)=NC12c1cc(C([B])([B])C([B])([B])C(C)C)ccc1CC21C[C@@H](C)C(OC)[C@@H](C)C1. The third-order valence-corrected chi connectivity index (χ3v) is 8.88. The second kappa shape index (κ2) is 7.92. The standard InChI is InChI=1S/C24H30B6N2O2/c1-12(2)22(25,26)23(27,28)16-7-6-15-11-20(9-13(3)18(33-5)14(4)10-20)21(17(15)8-16)24(29,30)34-19(31)32-21/h6-8,12-14,18H,9-11H2,1-5H3,(H2,31,32)/t13-,14+,18?,20?,21?. The van der Waals surface area contributed by atoms with Gasteiger partial charge in [0.05, 0.1) is 42.9 Å². The number of nitrogens with zero attached hydrogens (tertiary/aromatic N) is 1. The number of methoxy groups -OCH3 is 1. The molecule has 1 heterocycles. The Morgan fingerprint density at radius 2 is 1.71 bits per heavy atom. The zero-order valence-electron chi connectivity index (χ0n) is 21.0. The van der Waals surface area contributed by atoms with E-state index in [1.807, 2.05) is 32.0 Å². The van der Waals surface area contributed by atoms with Gasteiger partial charge in [-0.25, -0.2) is 4.99 Å². The van der Waals surface area contributed by atoms with E-state index in [9.17, 15) is 0 Å². The summed E-state index contributed by atoms with van der Waals surface area (Å²) in [5.41, 5.74) is 7.00. The van der Waals surface area contributed by atoms with Gasteiger partial charge < -0.3 is 15.2 Å². The van der Waals surface area contributed by atoms with Crippen molar-refractivity contribution in [2.45, 2.75) is 74.4 Å². The molecule has 5 atom stereocenters. The van der Waals surface area contributed by atoms with E-state index in [-0.39, 0.29) is 29.9 Å². The topological polar surface area (TPSA) is 56.8 Å². The van der Waals surface area contributed by atoms with Crippen LogP contribution in [0.15, 0.2) is 23.2 Å². The molecule has 10 heteroatoms.